The number of carbonyl (C=O) groups is 1. The van der Waals surface area contributed by atoms with Crippen molar-refractivity contribution < 1.29 is 22.3 Å². The van der Waals surface area contributed by atoms with Gasteiger partial charge in [-0.1, -0.05) is 36.4 Å². The highest BCUT2D eigenvalue weighted by Crippen LogP contribution is 2.28. The van der Waals surface area contributed by atoms with Crippen molar-refractivity contribution in [3.8, 4) is 5.75 Å². The van der Waals surface area contributed by atoms with Crippen LogP contribution in [0.2, 0.25) is 0 Å². The molecule has 3 aromatic rings. The zero-order valence-corrected chi connectivity index (χ0v) is 19.3. The summed E-state index contributed by atoms with van der Waals surface area (Å²) in [5.74, 6) is -0.409. The Morgan fingerprint density at radius 1 is 1.09 bits per heavy atom. The summed E-state index contributed by atoms with van der Waals surface area (Å²) in [5, 5.41) is 4.35. The summed E-state index contributed by atoms with van der Waals surface area (Å²) in [6, 6.07) is 16.2. The second-order valence-electron chi connectivity index (χ2n) is 6.89. The fourth-order valence-corrected chi connectivity index (χ4v) is 5.71. The van der Waals surface area contributed by atoms with Gasteiger partial charge in [0, 0.05) is 6.54 Å². The maximum Gasteiger partial charge on any atom is 0.274 e. The molecular weight excluding hydrogens is 451 g/mol. The molecule has 0 atom stereocenters. The molecule has 32 heavy (non-hydrogen) atoms. The van der Waals surface area contributed by atoms with Gasteiger partial charge in [0.25, 0.3) is 10.0 Å². The topological polar surface area (TPSA) is 75.7 Å². The minimum atomic E-state index is -4.08. The number of carbonyl (C=O) groups excluding carboxylic acids is 1. The highest BCUT2D eigenvalue weighted by atomic mass is 32.2. The summed E-state index contributed by atoms with van der Waals surface area (Å²) in [6.07, 6.45) is 1.34. The van der Waals surface area contributed by atoms with Crippen LogP contribution in [0.5, 0.6) is 5.75 Å². The van der Waals surface area contributed by atoms with Gasteiger partial charge in [0.05, 0.1) is 12.3 Å². The number of benzene rings is 2. The van der Waals surface area contributed by atoms with Crippen LogP contribution in [0.1, 0.15) is 18.9 Å². The number of hydrogen-bond donors (Lipinski definition) is 1. The molecule has 9 heteroatoms. The van der Waals surface area contributed by atoms with E-state index in [0.29, 0.717) is 26.0 Å². The number of para-hydroxylation sites is 2. The molecule has 6 nitrogen and oxygen atoms in total. The molecule has 1 aromatic heterocycles. The van der Waals surface area contributed by atoms with Crippen LogP contribution in [0.3, 0.4) is 0 Å². The molecule has 1 N–H and O–H groups in total. The van der Waals surface area contributed by atoms with Crippen molar-refractivity contribution in [1.29, 1.82) is 0 Å². The maximum atomic E-state index is 14.4. The molecule has 0 fully saturated rings. The van der Waals surface area contributed by atoms with Crippen LogP contribution >= 0.6 is 11.3 Å². The number of aryl methyl sites for hydroxylation is 1. The Balaban J connectivity index is 1.66. The number of hydrogen-bond acceptors (Lipinski definition) is 5. The van der Waals surface area contributed by atoms with E-state index < -0.39 is 28.3 Å². The summed E-state index contributed by atoms with van der Waals surface area (Å²) < 4.78 is 47.0. The van der Waals surface area contributed by atoms with E-state index in [9.17, 15) is 17.6 Å². The second-order valence-corrected chi connectivity index (χ2v) is 9.93. The number of ether oxygens (including phenoxy) is 1. The molecule has 1 heterocycles. The zero-order chi connectivity index (χ0) is 23.0. The lowest BCUT2D eigenvalue weighted by Crippen LogP contribution is -2.41. The summed E-state index contributed by atoms with van der Waals surface area (Å²) in [5.41, 5.74) is 0.874. The van der Waals surface area contributed by atoms with Gasteiger partial charge in [-0.3, -0.25) is 9.10 Å². The standard InChI is InChI=1S/C23H25FN2O4S2/c1-2-30-21-13-6-3-9-18(21)10-7-15-25-22(27)17-26(20-12-5-4-11-19(20)24)32(28,29)23-14-8-16-31-23/h3-6,8-9,11-14,16H,2,7,10,15,17H2,1H3,(H,25,27). The predicted octanol–water partition coefficient (Wildman–Crippen LogP) is 4.23. The van der Waals surface area contributed by atoms with Crippen LogP contribution in [0.4, 0.5) is 10.1 Å². The summed E-state index contributed by atoms with van der Waals surface area (Å²) >= 11 is 1.01. The second kappa shape index (κ2) is 11.1. The maximum absolute atomic E-state index is 14.4. The molecule has 3 rings (SSSR count). The minimum Gasteiger partial charge on any atom is -0.494 e. The SMILES string of the molecule is CCOc1ccccc1CCCNC(=O)CN(c1ccccc1F)S(=O)(=O)c1cccs1. The first-order valence-electron chi connectivity index (χ1n) is 10.2. The lowest BCUT2D eigenvalue weighted by atomic mass is 10.1. The number of nitrogens with one attached hydrogen (secondary N) is 1. The number of halogens is 1. The van der Waals surface area contributed by atoms with Crippen LogP contribution in [-0.2, 0) is 21.2 Å². The van der Waals surface area contributed by atoms with E-state index in [1.807, 2.05) is 31.2 Å². The fourth-order valence-electron chi connectivity index (χ4n) is 3.17. The molecule has 0 aliphatic rings. The summed E-state index contributed by atoms with van der Waals surface area (Å²) in [6.45, 7) is 2.32. The Bertz CT molecular complexity index is 1130. The first kappa shape index (κ1) is 23.7. The van der Waals surface area contributed by atoms with Crippen molar-refractivity contribution in [3.05, 3.63) is 77.4 Å². The Morgan fingerprint density at radius 3 is 2.56 bits per heavy atom. The van der Waals surface area contributed by atoms with Gasteiger partial charge in [0.15, 0.2) is 0 Å². The molecule has 170 valence electrons. The van der Waals surface area contributed by atoms with Gasteiger partial charge in [0.2, 0.25) is 5.91 Å². The highest BCUT2D eigenvalue weighted by Gasteiger charge is 2.29. The quantitative estimate of drug-likeness (QED) is 0.420. The third kappa shape index (κ3) is 5.86. The molecule has 0 aliphatic heterocycles. The molecular formula is C23H25FN2O4S2. The molecule has 0 saturated carbocycles. The van der Waals surface area contributed by atoms with Gasteiger partial charge in [-0.25, -0.2) is 12.8 Å². The largest absolute Gasteiger partial charge is 0.494 e. The third-order valence-electron chi connectivity index (χ3n) is 4.67. The monoisotopic (exact) mass is 476 g/mol. The molecule has 1 amide bonds. The average molecular weight is 477 g/mol. The van der Waals surface area contributed by atoms with E-state index >= 15 is 0 Å². The molecule has 0 unspecified atom stereocenters. The molecule has 0 aliphatic carbocycles. The first-order valence-corrected chi connectivity index (χ1v) is 12.5. The average Bonchev–Trinajstić information content (AvgIpc) is 3.33. The third-order valence-corrected chi connectivity index (χ3v) is 7.80. The van der Waals surface area contributed by atoms with Crippen molar-refractivity contribution in [2.75, 3.05) is 24.0 Å². The van der Waals surface area contributed by atoms with Gasteiger partial charge in [-0.2, -0.15) is 0 Å². The lowest BCUT2D eigenvalue weighted by Gasteiger charge is -2.23. The number of sulfonamides is 1. The normalized spacial score (nSPS) is 11.2. The van der Waals surface area contributed by atoms with Crippen molar-refractivity contribution in [3.63, 3.8) is 0 Å². The number of amides is 1. The number of nitrogens with zero attached hydrogens (tertiary/aromatic N) is 1. The predicted molar refractivity (Wildman–Crippen MR) is 124 cm³/mol. The zero-order valence-electron chi connectivity index (χ0n) is 17.7. The van der Waals surface area contributed by atoms with Gasteiger partial charge in [0.1, 0.15) is 22.3 Å². The van der Waals surface area contributed by atoms with Crippen molar-refractivity contribution in [1.82, 2.24) is 5.32 Å². The Morgan fingerprint density at radius 2 is 1.84 bits per heavy atom. The fraction of sp³-hybridized carbons (Fsp3) is 0.261. The van der Waals surface area contributed by atoms with Crippen LogP contribution in [-0.4, -0.2) is 34.0 Å². The Labute approximate surface area is 191 Å². The number of rotatable bonds is 11. The summed E-state index contributed by atoms with van der Waals surface area (Å²) in [4.78, 5) is 12.6. The van der Waals surface area contributed by atoms with Gasteiger partial charge in [-0.05, 0) is 55.0 Å². The van der Waals surface area contributed by atoms with Crippen LogP contribution in [0.15, 0.2) is 70.3 Å². The van der Waals surface area contributed by atoms with E-state index in [1.165, 1.54) is 30.3 Å². The Kier molecular flexibility index (Phi) is 8.24. The molecule has 0 spiro atoms. The number of anilines is 1. The number of thiophene rings is 1. The molecule has 0 saturated heterocycles. The summed E-state index contributed by atoms with van der Waals surface area (Å²) in [7, 11) is -4.08. The highest BCUT2D eigenvalue weighted by molar-refractivity contribution is 7.94. The Hall–Kier alpha value is -2.91. The molecule has 2 aromatic carbocycles. The van der Waals surface area contributed by atoms with Crippen LogP contribution in [0, 0.1) is 5.82 Å². The van der Waals surface area contributed by atoms with E-state index in [2.05, 4.69) is 5.32 Å². The van der Waals surface area contributed by atoms with Crippen molar-refractivity contribution in [2.24, 2.45) is 0 Å². The van der Waals surface area contributed by atoms with Crippen LogP contribution < -0.4 is 14.4 Å². The van der Waals surface area contributed by atoms with Crippen molar-refractivity contribution >= 4 is 33.0 Å². The molecule has 0 radical (unpaired) electrons. The van der Waals surface area contributed by atoms with Gasteiger partial charge >= 0.3 is 0 Å². The van der Waals surface area contributed by atoms with Gasteiger partial charge < -0.3 is 10.1 Å². The lowest BCUT2D eigenvalue weighted by molar-refractivity contribution is -0.119. The van der Waals surface area contributed by atoms with Gasteiger partial charge in [-0.15, -0.1) is 11.3 Å². The van der Waals surface area contributed by atoms with E-state index in [1.54, 1.807) is 11.4 Å². The van der Waals surface area contributed by atoms with Crippen molar-refractivity contribution in [2.45, 2.75) is 24.0 Å². The minimum absolute atomic E-state index is 0.0427. The van der Waals surface area contributed by atoms with E-state index in [-0.39, 0.29) is 9.90 Å². The first-order chi connectivity index (χ1) is 15.4. The van der Waals surface area contributed by atoms with E-state index in [0.717, 1.165) is 27.0 Å². The van der Waals surface area contributed by atoms with Crippen LogP contribution in [0.25, 0.3) is 0 Å². The molecule has 0 bridgehead atoms. The smallest absolute Gasteiger partial charge is 0.274 e. The van der Waals surface area contributed by atoms with E-state index in [4.69, 9.17) is 4.74 Å².